The Kier molecular flexibility index (Phi) is 4.26. The predicted molar refractivity (Wildman–Crippen MR) is 73.7 cm³/mol. The quantitative estimate of drug-likeness (QED) is 0.844. The minimum atomic E-state index is -1.02. The highest BCUT2D eigenvalue weighted by molar-refractivity contribution is 5.08. The number of nitrogens with one attached hydrogen (secondary N) is 1. The van der Waals surface area contributed by atoms with Crippen LogP contribution in [0, 0.1) is 0 Å². The summed E-state index contributed by atoms with van der Waals surface area (Å²) in [5, 5.41) is 18.0. The number of rotatable bonds is 4. The van der Waals surface area contributed by atoms with Crippen molar-refractivity contribution >= 4 is 0 Å². The number of hydrogen-bond donors (Lipinski definition) is 2. The number of aromatic nitrogens is 2. The lowest BCUT2D eigenvalue weighted by Gasteiger charge is -2.34. The van der Waals surface area contributed by atoms with Gasteiger partial charge < -0.3 is 24.4 Å². The molecular weight excluding hydrogens is 274 g/mol. The Balaban J connectivity index is 1.85. The van der Waals surface area contributed by atoms with Gasteiger partial charge in [0.2, 0.25) is 5.82 Å². The molecule has 0 spiro atoms. The first kappa shape index (κ1) is 14.9. The van der Waals surface area contributed by atoms with Crippen molar-refractivity contribution in [2.75, 3.05) is 32.9 Å². The summed E-state index contributed by atoms with van der Waals surface area (Å²) in [5.41, 5.74) is -1.56. The standard InChI is InChI=1S/C14H23N3O4/c1-2-20-14(5-9-19-10-6-14)11-16-12(21-17-11)13(18)3-7-15-8-4-13/h15,18H,2-10H2,1H3. The molecule has 2 aliphatic heterocycles. The van der Waals surface area contributed by atoms with Gasteiger partial charge in [-0.25, -0.2) is 0 Å². The zero-order valence-corrected chi connectivity index (χ0v) is 12.4. The van der Waals surface area contributed by atoms with Crippen molar-refractivity contribution in [3.8, 4) is 0 Å². The molecule has 3 heterocycles. The molecule has 2 N–H and O–H groups in total. The van der Waals surface area contributed by atoms with Crippen LogP contribution < -0.4 is 5.32 Å². The zero-order valence-electron chi connectivity index (χ0n) is 12.4. The monoisotopic (exact) mass is 297 g/mol. The fourth-order valence-electron chi connectivity index (χ4n) is 3.06. The van der Waals surface area contributed by atoms with Gasteiger partial charge in [0, 0.05) is 32.7 Å². The molecule has 2 aliphatic rings. The van der Waals surface area contributed by atoms with Crippen molar-refractivity contribution in [2.45, 2.75) is 43.8 Å². The maximum atomic E-state index is 10.7. The van der Waals surface area contributed by atoms with E-state index in [4.69, 9.17) is 14.0 Å². The maximum Gasteiger partial charge on any atom is 0.258 e. The zero-order chi connectivity index (χ0) is 14.8. The van der Waals surface area contributed by atoms with E-state index >= 15 is 0 Å². The number of nitrogens with zero attached hydrogens (tertiary/aromatic N) is 2. The molecule has 0 aromatic carbocycles. The minimum absolute atomic E-state index is 0.310. The van der Waals surface area contributed by atoms with Gasteiger partial charge in [-0.1, -0.05) is 5.16 Å². The second-order valence-corrected chi connectivity index (χ2v) is 5.74. The number of piperidine rings is 1. The van der Waals surface area contributed by atoms with Crippen LogP contribution in [0.2, 0.25) is 0 Å². The van der Waals surface area contributed by atoms with Crippen LogP contribution in [-0.2, 0) is 20.7 Å². The van der Waals surface area contributed by atoms with Crippen molar-refractivity contribution < 1.29 is 19.1 Å². The minimum Gasteiger partial charge on any atom is -0.381 e. The van der Waals surface area contributed by atoms with Crippen molar-refractivity contribution in [3.05, 3.63) is 11.7 Å². The average molecular weight is 297 g/mol. The summed E-state index contributed by atoms with van der Waals surface area (Å²) < 4.78 is 16.7. The normalized spacial score (nSPS) is 24.9. The SMILES string of the molecule is CCOC1(c2noc(C3(O)CCNCC3)n2)CCOCC1. The summed E-state index contributed by atoms with van der Waals surface area (Å²) >= 11 is 0. The molecule has 0 saturated carbocycles. The van der Waals surface area contributed by atoms with Crippen LogP contribution in [0.4, 0.5) is 0 Å². The molecule has 0 atom stereocenters. The van der Waals surface area contributed by atoms with E-state index in [1.54, 1.807) is 0 Å². The second-order valence-electron chi connectivity index (χ2n) is 5.74. The Morgan fingerprint density at radius 3 is 2.62 bits per heavy atom. The maximum absolute atomic E-state index is 10.7. The third-order valence-corrected chi connectivity index (χ3v) is 4.38. The molecule has 1 aromatic heterocycles. The van der Waals surface area contributed by atoms with Gasteiger partial charge >= 0.3 is 0 Å². The van der Waals surface area contributed by atoms with E-state index in [0.717, 1.165) is 13.1 Å². The van der Waals surface area contributed by atoms with Crippen molar-refractivity contribution in [2.24, 2.45) is 0 Å². The summed E-state index contributed by atoms with van der Waals surface area (Å²) in [7, 11) is 0. The first-order chi connectivity index (χ1) is 10.2. The Hall–Kier alpha value is -1.02. The summed E-state index contributed by atoms with van der Waals surface area (Å²) in [6.07, 6.45) is 2.58. The topological polar surface area (TPSA) is 89.6 Å². The van der Waals surface area contributed by atoms with Gasteiger partial charge in [0.25, 0.3) is 5.89 Å². The lowest BCUT2D eigenvalue weighted by atomic mass is 9.91. The van der Waals surface area contributed by atoms with Crippen LogP contribution in [-0.4, -0.2) is 48.2 Å². The van der Waals surface area contributed by atoms with Crippen molar-refractivity contribution in [1.82, 2.24) is 15.5 Å². The molecule has 0 unspecified atom stereocenters. The Bertz CT molecular complexity index is 459. The van der Waals surface area contributed by atoms with Gasteiger partial charge in [-0.2, -0.15) is 4.98 Å². The lowest BCUT2D eigenvalue weighted by molar-refractivity contribution is -0.118. The van der Waals surface area contributed by atoms with E-state index < -0.39 is 11.2 Å². The smallest absolute Gasteiger partial charge is 0.258 e. The Morgan fingerprint density at radius 2 is 1.95 bits per heavy atom. The highest BCUT2D eigenvalue weighted by Crippen LogP contribution is 2.36. The number of ether oxygens (including phenoxy) is 2. The van der Waals surface area contributed by atoms with Crippen LogP contribution in [0.15, 0.2) is 4.52 Å². The van der Waals surface area contributed by atoms with Crippen molar-refractivity contribution in [3.63, 3.8) is 0 Å². The largest absolute Gasteiger partial charge is 0.381 e. The number of aliphatic hydroxyl groups is 1. The highest BCUT2D eigenvalue weighted by atomic mass is 16.5. The van der Waals surface area contributed by atoms with Gasteiger partial charge in [-0.05, 0) is 32.9 Å². The molecule has 2 fully saturated rings. The predicted octanol–water partition coefficient (Wildman–Crippen LogP) is 0.683. The first-order valence-corrected chi connectivity index (χ1v) is 7.68. The Labute approximate surface area is 124 Å². The van der Waals surface area contributed by atoms with Crippen LogP contribution in [0.1, 0.15) is 44.3 Å². The van der Waals surface area contributed by atoms with Gasteiger partial charge in [0.15, 0.2) is 0 Å². The molecule has 7 heteroatoms. The summed E-state index contributed by atoms with van der Waals surface area (Å²) in [5.74, 6) is 0.846. The molecule has 0 amide bonds. The van der Waals surface area contributed by atoms with E-state index in [9.17, 15) is 5.11 Å². The fourth-order valence-corrected chi connectivity index (χ4v) is 3.06. The lowest BCUT2D eigenvalue weighted by Crippen LogP contribution is -2.40. The second kappa shape index (κ2) is 6.00. The average Bonchev–Trinajstić information content (AvgIpc) is 3.01. The van der Waals surface area contributed by atoms with Crippen LogP contribution in [0.25, 0.3) is 0 Å². The van der Waals surface area contributed by atoms with Gasteiger partial charge in [0.1, 0.15) is 11.2 Å². The van der Waals surface area contributed by atoms with E-state index in [1.807, 2.05) is 6.92 Å². The summed E-state index contributed by atoms with van der Waals surface area (Å²) in [6, 6.07) is 0. The first-order valence-electron chi connectivity index (χ1n) is 7.68. The molecule has 21 heavy (non-hydrogen) atoms. The van der Waals surface area contributed by atoms with E-state index in [2.05, 4.69) is 15.5 Å². The van der Waals surface area contributed by atoms with Crippen LogP contribution in [0.3, 0.4) is 0 Å². The Morgan fingerprint density at radius 1 is 1.24 bits per heavy atom. The molecule has 118 valence electrons. The number of hydrogen-bond acceptors (Lipinski definition) is 7. The van der Waals surface area contributed by atoms with E-state index in [1.165, 1.54) is 0 Å². The summed E-state index contributed by atoms with van der Waals surface area (Å²) in [4.78, 5) is 4.48. The fraction of sp³-hybridized carbons (Fsp3) is 0.857. The molecule has 1 aromatic rings. The molecular formula is C14H23N3O4. The molecule has 3 rings (SSSR count). The van der Waals surface area contributed by atoms with E-state index in [0.29, 0.717) is 57.2 Å². The van der Waals surface area contributed by atoms with E-state index in [-0.39, 0.29) is 0 Å². The van der Waals surface area contributed by atoms with Crippen LogP contribution in [0.5, 0.6) is 0 Å². The molecule has 0 radical (unpaired) electrons. The summed E-state index contributed by atoms with van der Waals surface area (Å²) in [6.45, 7) is 5.28. The van der Waals surface area contributed by atoms with Gasteiger partial charge in [-0.15, -0.1) is 0 Å². The third-order valence-electron chi connectivity index (χ3n) is 4.38. The molecule has 2 saturated heterocycles. The van der Waals surface area contributed by atoms with Gasteiger partial charge in [-0.3, -0.25) is 0 Å². The van der Waals surface area contributed by atoms with Crippen LogP contribution >= 0.6 is 0 Å². The van der Waals surface area contributed by atoms with Gasteiger partial charge in [0.05, 0.1) is 0 Å². The molecule has 0 bridgehead atoms. The van der Waals surface area contributed by atoms with Crippen molar-refractivity contribution in [1.29, 1.82) is 0 Å². The molecule has 7 nitrogen and oxygen atoms in total. The third kappa shape index (κ3) is 2.83. The highest BCUT2D eigenvalue weighted by Gasteiger charge is 2.43. The molecule has 0 aliphatic carbocycles.